The second-order valence-electron chi connectivity index (χ2n) is 8.96. The summed E-state index contributed by atoms with van der Waals surface area (Å²) in [6, 6.07) is 15.3. The van der Waals surface area contributed by atoms with Crippen LogP contribution in [0.1, 0.15) is 50.8 Å². The van der Waals surface area contributed by atoms with Crippen molar-refractivity contribution >= 4 is 17.5 Å². The number of ketones is 1. The minimum atomic E-state index is -0.393. The molecule has 2 aliphatic rings. The van der Waals surface area contributed by atoms with Gasteiger partial charge in [-0.3, -0.25) is 9.59 Å². The summed E-state index contributed by atoms with van der Waals surface area (Å²) >= 11 is 0. The molecule has 154 valence electrons. The third-order valence-corrected chi connectivity index (χ3v) is 5.75. The number of Topliss-reactive ketones (excluding diaryl/α,β-unsaturated/α-hetero) is 1. The van der Waals surface area contributed by atoms with E-state index in [0.717, 1.165) is 29.1 Å². The molecule has 0 spiro atoms. The van der Waals surface area contributed by atoms with Crippen molar-refractivity contribution in [3.8, 4) is 0 Å². The Bertz CT molecular complexity index is 1080. The standard InChI is InChI=1S/C25H27N3O2/c1-15-9-8-12-20(26-15)28-24(30)21-16(2)27-18-13-25(3,4)14-19(29)23(18)22(21)17-10-6-5-7-11-17/h5-12,22,27H,13-14H2,1-4H3,(H,26,28,30)/t22-/m1/s1. The van der Waals surface area contributed by atoms with Crippen molar-refractivity contribution in [1.82, 2.24) is 10.3 Å². The number of amides is 1. The number of carbonyl (C=O) groups excluding carboxylic acids is 2. The largest absolute Gasteiger partial charge is 0.362 e. The van der Waals surface area contributed by atoms with Gasteiger partial charge in [-0.15, -0.1) is 0 Å². The average molecular weight is 402 g/mol. The van der Waals surface area contributed by atoms with Crippen LogP contribution in [0.25, 0.3) is 0 Å². The molecule has 2 heterocycles. The van der Waals surface area contributed by atoms with Crippen LogP contribution >= 0.6 is 0 Å². The van der Waals surface area contributed by atoms with Crippen LogP contribution < -0.4 is 10.6 Å². The van der Waals surface area contributed by atoms with Crippen molar-refractivity contribution in [2.45, 2.75) is 46.5 Å². The third-order valence-electron chi connectivity index (χ3n) is 5.75. The van der Waals surface area contributed by atoms with Gasteiger partial charge in [-0.25, -0.2) is 4.98 Å². The van der Waals surface area contributed by atoms with E-state index >= 15 is 0 Å². The van der Waals surface area contributed by atoms with Crippen molar-refractivity contribution in [3.05, 3.63) is 82.3 Å². The number of aryl methyl sites for hydroxylation is 1. The molecule has 0 saturated heterocycles. The number of nitrogens with zero attached hydrogens (tertiary/aromatic N) is 1. The number of hydrogen-bond acceptors (Lipinski definition) is 4. The fraction of sp³-hybridized carbons (Fsp3) is 0.320. The number of dihydropyridines is 1. The number of rotatable bonds is 3. The minimum absolute atomic E-state index is 0.102. The molecule has 1 aliphatic heterocycles. The highest BCUT2D eigenvalue weighted by molar-refractivity contribution is 6.09. The van der Waals surface area contributed by atoms with Crippen molar-refractivity contribution in [1.29, 1.82) is 0 Å². The van der Waals surface area contributed by atoms with E-state index in [1.165, 1.54) is 0 Å². The molecule has 0 unspecified atom stereocenters. The van der Waals surface area contributed by atoms with Crippen molar-refractivity contribution < 1.29 is 9.59 Å². The second-order valence-corrected chi connectivity index (χ2v) is 8.96. The Morgan fingerprint density at radius 1 is 1.07 bits per heavy atom. The zero-order valence-corrected chi connectivity index (χ0v) is 17.9. The van der Waals surface area contributed by atoms with Gasteiger partial charge in [0, 0.05) is 40.6 Å². The van der Waals surface area contributed by atoms with E-state index in [1.54, 1.807) is 6.07 Å². The lowest BCUT2D eigenvalue weighted by Gasteiger charge is -2.39. The quantitative estimate of drug-likeness (QED) is 0.786. The van der Waals surface area contributed by atoms with E-state index in [4.69, 9.17) is 0 Å². The van der Waals surface area contributed by atoms with E-state index in [9.17, 15) is 9.59 Å². The number of hydrogen-bond donors (Lipinski definition) is 2. The molecule has 1 amide bonds. The number of nitrogens with one attached hydrogen (secondary N) is 2. The Labute approximate surface area is 177 Å². The maximum absolute atomic E-state index is 13.4. The number of aromatic nitrogens is 1. The molecule has 1 aromatic heterocycles. The third kappa shape index (κ3) is 3.80. The molecule has 1 aromatic carbocycles. The van der Waals surface area contributed by atoms with E-state index in [-0.39, 0.29) is 17.1 Å². The summed E-state index contributed by atoms with van der Waals surface area (Å²) < 4.78 is 0. The van der Waals surface area contributed by atoms with Gasteiger partial charge in [0.2, 0.25) is 0 Å². The van der Waals surface area contributed by atoms with Crippen LogP contribution in [0.5, 0.6) is 0 Å². The van der Waals surface area contributed by atoms with Gasteiger partial charge in [-0.2, -0.15) is 0 Å². The number of pyridine rings is 1. The molecule has 2 aromatic rings. The minimum Gasteiger partial charge on any atom is -0.362 e. The summed E-state index contributed by atoms with van der Waals surface area (Å²) in [7, 11) is 0. The van der Waals surface area contributed by atoms with Crippen molar-refractivity contribution in [3.63, 3.8) is 0 Å². The van der Waals surface area contributed by atoms with Gasteiger partial charge in [0.05, 0.1) is 0 Å². The Morgan fingerprint density at radius 3 is 2.50 bits per heavy atom. The van der Waals surface area contributed by atoms with Crippen LogP contribution in [0, 0.1) is 12.3 Å². The predicted molar refractivity (Wildman–Crippen MR) is 118 cm³/mol. The molecular weight excluding hydrogens is 374 g/mol. The summed E-state index contributed by atoms with van der Waals surface area (Å²) in [6.07, 6.45) is 1.26. The van der Waals surface area contributed by atoms with Gasteiger partial charge in [-0.05, 0) is 43.4 Å². The topological polar surface area (TPSA) is 71.1 Å². The smallest absolute Gasteiger partial charge is 0.255 e. The van der Waals surface area contributed by atoms with Crippen LogP contribution in [-0.2, 0) is 9.59 Å². The Hall–Kier alpha value is -3.21. The summed E-state index contributed by atoms with van der Waals surface area (Å²) in [5.41, 5.74) is 4.67. The molecular formula is C25H27N3O2. The van der Waals surface area contributed by atoms with Gasteiger partial charge < -0.3 is 10.6 Å². The summed E-state index contributed by atoms with van der Waals surface area (Å²) in [5, 5.41) is 6.32. The van der Waals surface area contributed by atoms with Crippen LogP contribution in [0.4, 0.5) is 5.82 Å². The first-order chi connectivity index (χ1) is 14.2. The van der Waals surface area contributed by atoms with Crippen molar-refractivity contribution in [2.75, 3.05) is 5.32 Å². The van der Waals surface area contributed by atoms with Crippen LogP contribution in [0.3, 0.4) is 0 Å². The normalized spacial score (nSPS) is 20.5. The summed E-state index contributed by atoms with van der Waals surface area (Å²) in [6.45, 7) is 8.01. The van der Waals surface area contributed by atoms with E-state index < -0.39 is 5.92 Å². The van der Waals surface area contributed by atoms with Gasteiger partial charge in [0.1, 0.15) is 5.82 Å². The summed E-state index contributed by atoms with van der Waals surface area (Å²) in [4.78, 5) is 31.0. The van der Waals surface area contributed by atoms with Gasteiger partial charge >= 0.3 is 0 Å². The zero-order chi connectivity index (χ0) is 21.5. The lowest BCUT2D eigenvalue weighted by atomic mass is 9.68. The highest BCUT2D eigenvalue weighted by Gasteiger charge is 2.42. The number of allylic oxidation sites excluding steroid dienone is 3. The number of carbonyl (C=O) groups is 2. The zero-order valence-electron chi connectivity index (χ0n) is 17.9. The first-order valence-corrected chi connectivity index (χ1v) is 10.3. The number of anilines is 1. The lowest BCUT2D eigenvalue weighted by Crippen LogP contribution is -2.39. The molecule has 1 aliphatic carbocycles. The molecule has 0 bridgehead atoms. The molecule has 5 heteroatoms. The fourth-order valence-electron chi connectivity index (χ4n) is 4.51. The Morgan fingerprint density at radius 2 is 1.80 bits per heavy atom. The SMILES string of the molecule is CC1=C(C(=O)Nc2cccc(C)n2)[C@@H](c2ccccc2)C2=C(CC(C)(C)CC2=O)N1. The predicted octanol–water partition coefficient (Wildman–Crippen LogP) is 4.63. The highest BCUT2D eigenvalue weighted by atomic mass is 16.2. The molecule has 0 radical (unpaired) electrons. The second kappa shape index (κ2) is 7.56. The lowest BCUT2D eigenvalue weighted by molar-refractivity contribution is -0.118. The van der Waals surface area contributed by atoms with Gasteiger partial charge in [0.15, 0.2) is 5.78 Å². The van der Waals surface area contributed by atoms with Crippen molar-refractivity contribution in [2.24, 2.45) is 5.41 Å². The molecule has 0 saturated carbocycles. The van der Waals surface area contributed by atoms with Gasteiger partial charge in [-0.1, -0.05) is 50.2 Å². The Balaban J connectivity index is 1.79. The Kier molecular flexibility index (Phi) is 5.06. The van der Waals surface area contributed by atoms with E-state index in [2.05, 4.69) is 29.5 Å². The average Bonchev–Trinajstić information content (AvgIpc) is 2.66. The molecule has 30 heavy (non-hydrogen) atoms. The summed E-state index contributed by atoms with van der Waals surface area (Å²) in [5.74, 6) is -0.0240. The van der Waals surface area contributed by atoms with E-state index in [1.807, 2.05) is 56.3 Å². The molecule has 5 nitrogen and oxygen atoms in total. The van der Waals surface area contributed by atoms with Crippen LogP contribution in [0.15, 0.2) is 71.1 Å². The molecule has 2 N–H and O–H groups in total. The van der Waals surface area contributed by atoms with E-state index in [0.29, 0.717) is 23.4 Å². The first kappa shape index (κ1) is 20.1. The van der Waals surface area contributed by atoms with Crippen LogP contribution in [0.2, 0.25) is 0 Å². The monoisotopic (exact) mass is 401 g/mol. The molecule has 0 fully saturated rings. The van der Waals surface area contributed by atoms with Gasteiger partial charge in [0.25, 0.3) is 5.91 Å². The fourth-order valence-corrected chi connectivity index (χ4v) is 4.51. The molecule has 1 atom stereocenters. The highest BCUT2D eigenvalue weighted by Crippen LogP contribution is 2.46. The maximum Gasteiger partial charge on any atom is 0.255 e. The molecule has 4 rings (SSSR count). The van der Waals surface area contributed by atoms with Crippen LogP contribution in [-0.4, -0.2) is 16.7 Å². The maximum atomic E-state index is 13.4. The first-order valence-electron chi connectivity index (χ1n) is 10.3. The number of benzene rings is 1.